The number of benzene rings is 3. The molecular formula is C28H27ClF2N2. The number of nitrogens with zero attached hydrogens (tertiary/aromatic N) is 2. The smallest absolute Gasteiger partial charge is 0.123 e. The summed E-state index contributed by atoms with van der Waals surface area (Å²) >= 11 is 6.02. The van der Waals surface area contributed by atoms with E-state index in [0.717, 1.165) is 62.0 Å². The molecular weight excluding hydrogens is 438 g/mol. The van der Waals surface area contributed by atoms with Gasteiger partial charge in [-0.1, -0.05) is 48.0 Å². The van der Waals surface area contributed by atoms with Crippen LogP contribution in [0.2, 0.25) is 5.02 Å². The van der Waals surface area contributed by atoms with Gasteiger partial charge >= 0.3 is 0 Å². The first kappa shape index (κ1) is 23.4. The molecule has 0 unspecified atom stereocenters. The SMILES string of the molecule is N#CC1(c2ccc(Cl)cc2)CCN(CCCC(c2ccc(F)cc2)c2ccc(F)cc2)CC1. The maximum Gasteiger partial charge on any atom is 0.123 e. The van der Waals surface area contributed by atoms with Gasteiger partial charge in [0.1, 0.15) is 11.6 Å². The van der Waals surface area contributed by atoms with Crippen LogP contribution in [0.5, 0.6) is 0 Å². The van der Waals surface area contributed by atoms with Gasteiger partial charge in [0, 0.05) is 10.9 Å². The molecule has 0 atom stereocenters. The van der Waals surface area contributed by atoms with Gasteiger partial charge in [-0.3, -0.25) is 0 Å². The third kappa shape index (κ3) is 5.61. The second-order valence-corrected chi connectivity index (χ2v) is 9.28. The van der Waals surface area contributed by atoms with E-state index in [4.69, 9.17) is 11.6 Å². The molecule has 0 aliphatic carbocycles. The molecule has 0 saturated carbocycles. The van der Waals surface area contributed by atoms with Gasteiger partial charge in [-0.05, 0) is 98.4 Å². The Labute approximate surface area is 199 Å². The second-order valence-electron chi connectivity index (χ2n) is 8.84. The van der Waals surface area contributed by atoms with Crippen molar-refractivity contribution >= 4 is 11.6 Å². The van der Waals surface area contributed by atoms with E-state index in [9.17, 15) is 14.0 Å². The average Bonchev–Trinajstić information content (AvgIpc) is 2.84. The van der Waals surface area contributed by atoms with Gasteiger partial charge in [0.05, 0.1) is 11.5 Å². The lowest BCUT2D eigenvalue weighted by molar-refractivity contribution is 0.183. The maximum absolute atomic E-state index is 13.4. The zero-order valence-corrected chi connectivity index (χ0v) is 19.2. The summed E-state index contributed by atoms with van der Waals surface area (Å²) in [7, 11) is 0. The Morgan fingerprint density at radius 2 is 1.36 bits per heavy atom. The maximum atomic E-state index is 13.4. The third-order valence-electron chi connectivity index (χ3n) is 6.83. The molecule has 0 spiro atoms. The molecule has 3 aromatic carbocycles. The van der Waals surface area contributed by atoms with Crippen LogP contribution in [0, 0.1) is 23.0 Å². The van der Waals surface area contributed by atoms with E-state index >= 15 is 0 Å². The van der Waals surface area contributed by atoms with Crippen LogP contribution in [-0.4, -0.2) is 24.5 Å². The summed E-state index contributed by atoms with van der Waals surface area (Å²) in [6, 6.07) is 23.4. The van der Waals surface area contributed by atoms with Crippen LogP contribution in [0.3, 0.4) is 0 Å². The van der Waals surface area contributed by atoms with Crippen LogP contribution in [0.4, 0.5) is 8.78 Å². The summed E-state index contributed by atoms with van der Waals surface area (Å²) in [5.41, 5.74) is 2.66. The molecule has 33 heavy (non-hydrogen) atoms. The van der Waals surface area contributed by atoms with Crippen LogP contribution < -0.4 is 0 Å². The molecule has 0 radical (unpaired) electrons. The lowest BCUT2D eigenvalue weighted by Crippen LogP contribution is -2.42. The first-order valence-electron chi connectivity index (χ1n) is 11.4. The highest BCUT2D eigenvalue weighted by atomic mass is 35.5. The summed E-state index contributed by atoms with van der Waals surface area (Å²) in [5.74, 6) is -0.429. The number of halogens is 3. The molecule has 3 aromatic rings. The Balaban J connectivity index is 1.38. The summed E-state index contributed by atoms with van der Waals surface area (Å²) in [4.78, 5) is 2.41. The van der Waals surface area contributed by atoms with Crippen molar-refractivity contribution in [3.63, 3.8) is 0 Å². The molecule has 2 nitrogen and oxygen atoms in total. The van der Waals surface area contributed by atoms with E-state index < -0.39 is 5.41 Å². The standard InChI is InChI=1S/C28H27ClF2N2/c29-24-9-7-23(8-10-24)28(20-32)15-18-33(19-16-28)17-1-2-27(21-3-11-25(30)12-4-21)22-5-13-26(31)14-6-22/h3-14,27H,1-2,15-19H2. The zero-order valence-electron chi connectivity index (χ0n) is 18.5. The lowest BCUT2D eigenvalue weighted by atomic mass is 9.74. The normalized spacial score (nSPS) is 16.0. The average molecular weight is 465 g/mol. The van der Waals surface area contributed by atoms with Crippen LogP contribution in [0.1, 0.15) is 48.3 Å². The molecule has 1 saturated heterocycles. The first-order chi connectivity index (χ1) is 16.0. The number of nitriles is 1. The van der Waals surface area contributed by atoms with E-state index in [1.54, 1.807) is 0 Å². The molecule has 0 N–H and O–H groups in total. The van der Waals surface area contributed by atoms with Gasteiger partial charge in [-0.25, -0.2) is 8.78 Å². The van der Waals surface area contributed by atoms with Crippen molar-refractivity contribution in [1.82, 2.24) is 4.90 Å². The molecule has 4 rings (SSSR count). The van der Waals surface area contributed by atoms with Crippen molar-refractivity contribution in [2.75, 3.05) is 19.6 Å². The highest BCUT2D eigenvalue weighted by Gasteiger charge is 2.36. The van der Waals surface area contributed by atoms with Crippen LogP contribution in [0.15, 0.2) is 72.8 Å². The molecule has 1 aliphatic heterocycles. The largest absolute Gasteiger partial charge is 0.303 e. The Kier molecular flexibility index (Phi) is 7.42. The van der Waals surface area contributed by atoms with Gasteiger partial charge in [0.25, 0.3) is 0 Å². The van der Waals surface area contributed by atoms with E-state index in [-0.39, 0.29) is 17.6 Å². The molecule has 170 valence electrons. The lowest BCUT2D eigenvalue weighted by Gasteiger charge is -2.37. The molecule has 0 amide bonds. The predicted octanol–water partition coefficient (Wildman–Crippen LogP) is 7.09. The number of hydrogen-bond donors (Lipinski definition) is 0. The van der Waals surface area contributed by atoms with Gasteiger partial charge in [-0.15, -0.1) is 0 Å². The minimum atomic E-state index is -0.453. The molecule has 5 heteroatoms. The Hall–Kier alpha value is -2.74. The number of likely N-dealkylation sites (tertiary alicyclic amines) is 1. The topological polar surface area (TPSA) is 27.0 Å². The highest BCUT2D eigenvalue weighted by molar-refractivity contribution is 6.30. The summed E-state index contributed by atoms with van der Waals surface area (Å²) in [6.07, 6.45) is 3.43. The minimum absolute atomic E-state index is 0.0863. The Morgan fingerprint density at radius 3 is 1.85 bits per heavy atom. The van der Waals surface area contributed by atoms with Gasteiger partial charge in [0.15, 0.2) is 0 Å². The first-order valence-corrected chi connectivity index (χ1v) is 11.8. The number of hydrogen-bond acceptors (Lipinski definition) is 2. The molecule has 1 aliphatic rings. The highest BCUT2D eigenvalue weighted by Crippen LogP contribution is 2.36. The Morgan fingerprint density at radius 1 is 0.848 bits per heavy atom. The van der Waals surface area contributed by atoms with Crippen molar-refractivity contribution < 1.29 is 8.78 Å². The fourth-order valence-electron chi connectivity index (χ4n) is 4.83. The minimum Gasteiger partial charge on any atom is -0.303 e. The summed E-state index contributed by atoms with van der Waals surface area (Å²) < 4.78 is 26.9. The monoisotopic (exact) mass is 464 g/mol. The Bertz CT molecular complexity index is 1040. The molecule has 0 bridgehead atoms. The van der Waals surface area contributed by atoms with E-state index in [1.807, 2.05) is 48.5 Å². The van der Waals surface area contributed by atoms with Gasteiger partial charge < -0.3 is 4.90 Å². The second kappa shape index (κ2) is 10.5. The van der Waals surface area contributed by atoms with Crippen molar-refractivity contribution in [3.05, 3.63) is 106 Å². The van der Waals surface area contributed by atoms with Crippen molar-refractivity contribution in [1.29, 1.82) is 5.26 Å². The number of rotatable bonds is 7. The van der Waals surface area contributed by atoms with Crippen LogP contribution in [-0.2, 0) is 5.41 Å². The summed E-state index contributed by atoms with van der Waals surface area (Å²) in [5, 5.41) is 10.6. The number of piperidine rings is 1. The van der Waals surface area contributed by atoms with E-state index in [0.29, 0.717) is 5.02 Å². The van der Waals surface area contributed by atoms with Crippen molar-refractivity contribution in [3.8, 4) is 6.07 Å². The van der Waals surface area contributed by atoms with Crippen molar-refractivity contribution in [2.45, 2.75) is 37.0 Å². The van der Waals surface area contributed by atoms with Crippen LogP contribution in [0.25, 0.3) is 0 Å². The zero-order chi connectivity index (χ0) is 23.3. The molecule has 1 heterocycles. The molecule has 1 fully saturated rings. The van der Waals surface area contributed by atoms with Crippen molar-refractivity contribution in [2.24, 2.45) is 0 Å². The van der Waals surface area contributed by atoms with Gasteiger partial charge in [-0.2, -0.15) is 5.26 Å². The molecule has 0 aromatic heterocycles. The quantitative estimate of drug-likeness (QED) is 0.373. The third-order valence-corrected chi connectivity index (χ3v) is 7.08. The van der Waals surface area contributed by atoms with Gasteiger partial charge in [0.2, 0.25) is 0 Å². The fraction of sp³-hybridized carbons (Fsp3) is 0.321. The predicted molar refractivity (Wildman–Crippen MR) is 128 cm³/mol. The summed E-state index contributed by atoms with van der Waals surface area (Å²) in [6.45, 7) is 2.67. The van der Waals surface area contributed by atoms with E-state index in [2.05, 4.69) is 11.0 Å². The van der Waals surface area contributed by atoms with Crippen LogP contribution >= 0.6 is 11.6 Å². The fourth-order valence-corrected chi connectivity index (χ4v) is 4.95. The van der Waals surface area contributed by atoms with E-state index in [1.165, 1.54) is 24.3 Å².